The van der Waals surface area contributed by atoms with Gasteiger partial charge in [-0.2, -0.15) is 8.42 Å². The lowest BCUT2D eigenvalue weighted by atomic mass is 9.41. The quantitative estimate of drug-likeness (QED) is 0.429. The van der Waals surface area contributed by atoms with Gasteiger partial charge in [-0.3, -0.25) is 4.98 Å². The van der Waals surface area contributed by atoms with Crippen molar-refractivity contribution in [2.75, 3.05) is 6.61 Å². The second-order valence-electron chi connectivity index (χ2n) is 13.7. The lowest BCUT2D eigenvalue weighted by Gasteiger charge is -2.64. The minimum atomic E-state index is -4.13. The summed E-state index contributed by atoms with van der Waals surface area (Å²) >= 11 is 0. The van der Waals surface area contributed by atoms with Crippen molar-refractivity contribution >= 4 is 16.1 Å². The van der Waals surface area contributed by atoms with Crippen molar-refractivity contribution in [3.63, 3.8) is 0 Å². The maximum absolute atomic E-state index is 12.3. The molecule has 1 aromatic heterocycles. The van der Waals surface area contributed by atoms with E-state index in [9.17, 15) is 23.4 Å². The van der Waals surface area contributed by atoms with Gasteiger partial charge in [0.25, 0.3) is 10.0 Å². The molecule has 4 aliphatic rings. The topological polar surface area (TPSA) is 139 Å². The van der Waals surface area contributed by atoms with Crippen LogP contribution in [0, 0.1) is 52.3 Å². The molecule has 0 aliphatic heterocycles. The predicted octanol–water partition coefficient (Wildman–Crippen LogP) is 4.54. The molecule has 40 heavy (non-hydrogen) atoms. The van der Waals surface area contributed by atoms with Crippen LogP contribution in [0.5, 0.6) is 0 Å². The Hall–Kier alpha value is -1.78. The summed E-state index contributed by atoms with van der Waals surface area (Å²) in [7, 11) is -4.13. The summed E-state index contributed by atoms with van der Waals surface area (Å²) < 4.78 is 31.8. The number of aliphatic hydroxyl groups is 2. The standard InChI is InChI=1S/C30H47N3O6S/c1-5-20-24-16-19(34)8-11-30(24,4)23-9-12-29(3)21(6-7-22(29)26(23)27(20)35)18(2)10-15-39-28(36)33-40(37,38)25-17-31-13-14-32-25/h13-14,17-24,26-27,34-35H,5-12,15-16H2,1-4H3,(H,33,36)/t18-,19-,20-,21-,22+,23+,24+,26+,27-,29-,30-/m1/s1. The van der Waals surface area contributed by atoms with Crippen LogP contribution in [0.15, 0.2) is 23.6 Å². The second-order valence-corrected chi connectivity index (χ2v) is 15.3. The monoisotopic (exact) mass is 577 g/mol. The van der Waals surface area contributed by atoms with Crippen LogP contribution in [0.3, 0.4) is 0 Å². The molecule has 1 aromatic rings. The first-order valence-corrected chi connectivity index (χ1v) is 16.7. The van der Waals surface area contributed by atoms with Gasteiger partial charge in [0.15, 0.2) is 5.03 Å². The Morgan fingerprint density at radius 1 is 1.10 bits per heavy atom. The predicted molar refractivity (Wildman–Crippen MR) is 149 cm³/mol. The number of hydrogen-bond acceptors (Lipinski definition) is 8. The van der Waals surface area contributed by atoms with E-state index in [1.807, 2.05) is 4.72 Å². The van der Waals surface area contributed by atoms with Crippen molar-refractivity contribution in [1.82, 2.24) is 14.7 Å². The Morgan fingerprint density at radius 3 is 2.52 bits per heavy atom. The maximum atomic E-state index is 12.3. The summed E-state index contributed by atoms with van der Waals surface area (Å²) in [6.45, 7) is 9.44. The number of aliphatic hydroxyl groups excluding tert-OH is 2. The first-order chi connectivity index (χ1) is 18.9. The Labute approximate surface area is 239 Å². The molecule has 4 fully saturated rings. The Kier molecular flexibility index (Phi) is 8.27. The number of hydrogen-bond donors (Lipinski definition) is 3. The molecule has 11 atom stereocenters. The summed E-state index contributed by atoms with van der Waals surface area (Å²) in [6, 6.07) is 0. The van der Waals surface area contributed by atoms with Crippen molar-refractivity contribution in [2.45, 2.75) is 103 Å². The maximum Gasteiger partial charge on any atom is 0.421 e. The summed E-state index contributed by atoms with van der Waals surface area (Å²) in [5.41, 5.74) is 0.302. The molecule has 4 saturated carbocycles. The summed E-state index contributed by atoms with van der Waals surface area (Å²) in [6.07, 6.45) is 10.9. The number of carbonyl (C=O) groups excluding carboxylic acids is 1. The van der Waals surface area contributed by atoms with Crippen LogP contribution in [-0.2, 0) is 14.8 Å². The zero-order chi connectivity index (χ0) is 28.9. The van der Waals surface area contributed by atoms with Gasteiger partial charge in [-0.15, -0.1) is 0 Å². The average molecular weight is 578 g/mol. The number of carbonyl (C=O) groups is 1. The minimum Gasteiger partial charge on any atom is -0.449 e. The fraction of sp³-hybridized carbons (Fsp3) is 0.833. The number of nitrogens with one attached hydrogen (secondary N) is 1. The molecule has 0 radical (unpaired) electrons. The zero-order valence-corrected chi connectivity index (χ0v) is 25.1. The lowest BCUT2D eigenvalue weighted by molar-refractivity contribution is -0.203. The third-order valence-corrected chi connectivity index (χ3v) is 13.2. The van der Waals surface area contributed by atoms with Gasteiger partial charge >= 0.3 is 6.09 Å². The summed E-state index contributed by atoms with van der Waals surface area (Å²) in [5.74, 6) is 2.65. The highest BCUT2D eigenvalue weighted by molar-refractivity contribution is 7.90. The molecule has 0 aromatic carbocycles. The van der Waals surface area contributed by atoms with Crippen LogP contribution in [0.4, 0.5) is 4.79 Å². The molecule has 1 amide bonds. The van der Waals surface area contributed by atoms with Gasteiger partial charge in [-0.1, -0.05) is 34.1 Å². The smallest absolute Gasteiger partial charge is 0.421 e. The van der Waals surface area contributed by atoms with Gasteiger partial charge < -0.3 is 14.9 Å². The minimum absolute atomic E-state index is 0.120. The Bertz CT molecular complexity index is 1170. The van der Waals surface area contributed by atoms with Crippen molar-refractivity contribution in [2.24, 2.45) is 52.3 Å². The third kappa shape index (κ3) is 5.06. The average Bonchev–Trinajstić information content (AvgIpc) is 3.27. The van der Waals surface area contributed by atoms with Gasteiger partial charge in [0.2, 0.25) is 0 Å². The highest BCUT2D eigenvalue weighted by Gasteiger charge is 2.64. The fourth-order valence-corrected chi connectivity index (χ4v) is 10.9. The molecule has 5 rings (SSSR count). The highest BCUT2D eigenvalue weighted by Crippen LogP contribution is 2.69. The first kappa shape index (κ1) is 29.7. The van der Waals surface area contributed by atoms with E-state index in [2.05, 4.69) is 37.7 Å². The molecule has 1 heterocycles. The number of aromatic nitrogens is 2. The molecule has 9 nitrogen and oxygen atoms in total. The lowest BCUT2D eigenvalue weighted by Crippen LogP contribution is -2.62. The van der Waals surface area contributed by atoms with Crippen LogP contribution in [0.1, 0.15) is 85.5 Å². The third-order valence-electron chi connectivity index (χ3n) is 12.0. The number of sulfonamides is 1. The van der Waals surface area contributed by atoms with E-state index < -0.39 is 16.1 Å². The van der Waals surface area contributed by atoms with Crippen molar-refractivity contribution in [3.05, 3.63) is 18.6 Å². The molecule has 0 spiro atoms. The summed E-state index contributed by atoms with van der Waals surface area (Å²) in [4.78, 5) is 19.7. The van der Waals surface area contributed by atoms with E-state index in [1.165, 1.54) is 12.4 Å². The van der Waals surface area contributed by atoms with Crippen LogP contribution in [-0.4, -0.2) is 53.5 Å². The molecule has 0 bridgehead atoms. The van der Waals surface area contributed by atoms with Crippen LogP contribution in [0.2, 0.25) is 0 Å². The first-order valence-electron chi connectivity index (χ1n) is 15.2. The summed E-state index contributed by atoms with van der Waals surface area (Å²) in [5, 5.41) is 22.0. The Morgan fingerprint density at radius 2 is 1.82 bits per heavy atom. The molecule has 0 saturated heterocycles. The largest absolute Gasteiger partial charge is 0.449 e. The van der Waals surface area contributed by atoms with Gasteiger partial charge in [-0.05, 0) is 104 Å². The van der Waals surface area contributed by atoms with Gasteiger partial charge in [0.1, 0.15) is 0 Å². The van der Waals surface area contributed by atoms with Gasteiger partial charge in [0.05, 0.1) is 25.0 Å². The number of nitrogens with zero attached hydrogens (tertiary/aromatic N) is 2. The number of fused-ring (bicyclic) bond motifs is 5. The SMILES string of the molecule is CC[C@H]1[C@@H](O)[C@@H]2[C@H](CC[C@]3(C)[C@@H]([C@H](C)CCOC(=O)NS(=O)(=O)c4cnccn4)CC[C@@H]23)[C@@]2(C)CC[C@@H](O)C[C@@H]12. The van der Waals surface area contributed by atoms with E-state index in [4.69, 9.17) is 4.74 Å². The second kappa shape index (κ2) is 11.1. The molecule has 4 aliphatic carbocycles. The molecule has 0 unspecified atom stereocenters. The number of amides is 1. The molecular formula is C30H47N3O6S. The fourth-order valence-electron chi connectivity index (χ4n) is 10.1. The van der Waals surface area contributed by atoms with Crippen LogP contribution >= 0.6 is 0 Å². The molecule has 10 heteroatoms. The molecule has 224 valence electrons. The molecular weight excluding hydrogens is 530 g/mol. The Balaban J connectivity index is 1.22. The number of ether oxygens (including phenoxy) is 1. The van der Waals surface area contributed by atoms with E-state index in [0.717, 1.165) is 57.6 Å². The van der Waals surface area contributed by atoms with Crippen LogP contribution in [0.25, 0.3) is 0 Å². The molecule has 3 N–H and O–H groups in total. The van der Waals surface area contributed by atoms with Crippen LogP contribution < -0.4 is 4.72 Å². The number of rotatable bonds is 7. The zero-order valence-electron chi connectivity index (χ0n) is 24.3. The van der Waals surface area contributed by atoms with Crippen molar-refractivity contribution < 1.29 is 28.2 Å². The van der Waals surface area contributed by atoms with E-state index in [0.29, 0.717) is 41.9 Å². The van der Waals surface area contributed by atoms with Gasteiger partial charge in [0, 0.05) is 12.4 Å². The van der Waals surface area contributed by atoms with E-state index >= 15 is 0 Å². The van der Waals surface area contributed by atoms with E-state index in [-0.39, 0.29) is 40.6 Å². The van der Waals surface area contributed by atoms with Crippen molar-refractivity contribution in [3.8, 4) is 0 Å². The van der Waals surface area contributed by atoms with Gasteiger partial charge in [-0.25, -0.2) is 14.5 Å². The normalized spacial score (nSPS) is 41.8. The van der Waals surface area contributed by atoms with E-state index in [1.54, 1.807) is 0 Å². The van der Waals surface area contributed by atoms with Crippen molar-refractivity contribution in [1.29, 1.82) is 0 Å². The highest BCUT2D eigenvalue weighted by atomic mass is 32.2.